The van der Waals surface area contributed by atoms with E-state index in [1.807, 2.05) is 0 Å². The zero-order valence-electron chi connectivity index (χ0n) is 6.64. The maximum atomic E-state index is 10.2. The third-order valence-electron chi connectivity index (χ3n) is 1.23. The van der Waals surface area contributed by atoms with Crippen molar-refractivity contribution in [2.45, 2.75) is 4.90 Å². The summed E-state index contributed by atoms with van der Waals surface area (Å²) in [5, 5.41) is 10.2. The Labute approximate surface area is 79.5 Å². The van der Waals surface area contributed by atoms with Crippen LogP contribution in [0.15, 0.2) is 23.2 Å². The summed E-state index contributed by atoms with van der Waals surface area (Å²) in [6, 6.07) is 2.99. The van der Waals surface area contributed by atoms with Crippen molar-refractivity contribution in [2.24, 2.45) is 0 Å². The standard InChI is InChI=1S/C8H6N2O2S/c1-2-5-13-7-3-4-8(9-6-7)10(11)12/h1,3-4,6H,5H2. The van der Waals surface area contributed by atoms with E-state index in [1.54, 1.807) is 6.07 Å². The Bertz CT molecular complexity index is 342. The first kappa shape index (κ1) is 9.55. The zero-order valence-corrected chi connectivity index (χ0v) is 7.45. The third kappa shape index (κ3) is 2.76. The van der Waals surface area contributed by atoms with Crippen molar-refractivity contribution >= 4 is 17.6 Å². The van der Waals surface area contributed by atoms with Gasteiger partial charge in [0.25, 0.3) is 0 Å². The summed E-state index contributed by atoms with van der Waals surface area (Å²) in [5.74, 6) is 2.85. The minimum Gasteiger partial charge on any atom is -0.358 e. The molecule has 0 spiro atoms. The molecule has 0 aromatic carbocycles. The molecular formula is C8H6N2O2S. The SMILES string of the molecule is C#CCSc1ccc([N+](=O)[O-])nc1. The van der Waals surface area contributed by atoms with Crippen LogP contribution in [0.3, 0.4) is 0 Å². The molecule has 1 aromatic rings. The first-order valence-electron chi connectivity index (χ1n) is 3.40. The highest BCUT2D eigenvalue weighted by Crippen LogP contribution is 2.17. The minimum absolute atomic E-state index is 0.148. The lowest BCUT2D eigenvalue weighted by molar-refractivity contribution is -0.389. The second-order valence-electron chi connectivity index (χ2n) is 2.10. The van der Waals surface area contributed by atoms with E-state index in [9.17, 15) is 10.1 Å². The number of nitrogens with zero attached hydrogens (tertiary/aromatic N) is 2. The van der Waals surface area contributed by atoms with Gasteiger partial charge in [0.1, 0.15) is 0 Å². The number of rotatable bonds is 3. The summed E-state index contributed by atoms with van der Waals surface area (Å²) in [4.78, 5) is 14.2. The lowest BCUT2D eigenvalue weighted by atomic mass is 10.5. The van der Waals surface area contributed by atoms with Crippen LogP contribution < -0.4 is 0 Å². The van der Waals surface area contributed by atoms with Crippen LogP contribution in [0.2, 0.25) is 0 Å². The molecule has 0 atom stereocenters. The highest BCUT2D eigenvalue weighted by atomic mass is 32.2. The van der Waals surface area contributed by atoms with E-state index >= 15 is 0 Å². The van der Waals surface area contributed by atoms with Crippen molar-refractivity contribution in [3.05, 3.63) is 28.4 Å². The van der Waals surface area contributed by atoms with Crippen molar-refractivity contribution in [2.75, 3.05) is 5.75 Å². The lowest BCUT2D eigenvalue weighted by Gasteiger charge is -1.93. The van der Waals surface area contributed by atoms with Gasteiger partial charge in [0.05, 0.1) is 10.6 Å². The quantitative estimate of drug-likeness (QED) is 0.318. The first-order valence-corrected chi connectivity index (χ1v) is 4.39. The molecule has 0 amide bonds. The molecule has 66 valence electrons. The number of terminal acetylenes is 1. The molecule has 4 nitrogen and oxygen atoms in total. The topological polar surface area (TPSA) is 56.0 Å². The molecule has 1 aromatic heterocycles. The molecule has 0 fully saturated rings. The summed E-state index contributed by atoms with van der Waals surface area (Å²) in [6.07, 6.45) is 6.50. The molecule has 1 heterocycles. The third-order valence-corrected chi connectivity index (χ3v) is 2.12. The van der Waals surface area contributed by atoms with Crippen LogP contribution in [0.4, 0.5) is 5.82 Å². The molecule has 0 radical (unpaired) electrons. The average molecular weight is 194 g/mol. The number of pyridine rings is 1. The summed E-state index contributed by atoms with van der Waals surface area (Å²) in [5.41, 5.74) is 0. The van der Waals surface area contributed by atoms with Crippen LogP contribution >= 0.6 is 11.8 Å². The molecule has 1 rings (SSSR count). The molecule has 0 N–H and O–H groups in total. The number of nitro groups is 1. The monoisotopic (exact) mass is 194 g/mol. The molecule has 13 heavy (non-hydrogen) atoms. The van der Waals surface area contributed by atoms with Gasteiger partial charge in [0.2, 0.25) is 0 Å². The normalized spacial score (nSPS) is 9.15. The van der Waals surface area contributed by atoms with Crippen LogP contribution in [-0.4, -0.2) is 15.7 Å². The van der Waals surface area contributed by atoms with Gasteiger partial charge in [-0.05, 0) is 16.0 Å². The van der Waals surface area contributed by atoms with Gasteiger partial charge in [-0.25, -0.2) is 0 Å². The van der Waals surface area contributed by atoms with Crippen LogP contribution in [0, 0.1) is 22.5 Å². The van der Waals surface area contributed by atoms with E-state index in [-0.39, 0.29) is 5.82 Å². The fraction of sp³-hybridized carbons (Fsp3) is 0.125. The van der Waals surface area contributed by atoms with E-state index in [4.69, 9.17) is 6.42 Å². The highest BCUT2D eigenvalue weighted by Gasteiger charge is 2.05. The fourth-order valence-corrected chi connectivity index (χ4v) is 1.23. The molecular weight excluding hydrogens is 188 g/mol. The Kier molecular flexibility index (Phi) is 3.29. The largest absolute Gasteiger partial charge is 0.363 e. The molecule has 0 bridgehead atoms. The van der Waals surface area contributed by atoms with Gasteiger partial charge in [-0.1, -0.05) is 5.92 Å². The van der Waals surface area contributed by atoms with Gasteiger partial charge in [-0.2, -0.15) is 0 Å². The molecule has 0 aliphatic rings. The summed E-state index contributed by atoms with van der Waals surface area (Å²) < 4.78 is 0. The predicted molar refractivity (Wildman–Crippen MR) is 50.4 cm³/mol. The van der Waals surface area contributed by atoms with Crippen molar-refractivity contribution in [1.82, 2.24) is 4.98 Å². The van der Waals surface area contributed by atoms with Gasteiger partial charge in [0.15, 0.2) is 6.20 Å². The van der Waals surface area contributed by atoms with Gasteiger partial charge < -0.3 is 10.1 Å². The van der Waals surface area contributed by atoms with E-state index < -0.39 is 4.92 Å². The summed E-state index contributed by atoms with van der Waals surface area (Å²) in [7, 11) is 0. The van der Waals surface area contributed by atoms with Crippen LogP contribution in [0.1, 0.15) is 0 Å². The first-order chi connectivity index (χ1) is 6.24. The van der Waals surface area contributed by atoms with Gasteiger partial charge in [0, 0.05) is 6.07 Å². The summed E-state index contributed by atoms with van der Waals surface area (Å²) >= 11 is 1.42. The lowest BCUT2D eigenvalue weighted by Crippen LogP contribution is -1.90. The molecule has 5 heteroatoms. The Morgan fingerprint density at radius 3 is 2.92 bits per heavy atom. The van der Waals surface area contributed by atoms with Crippen molar-refractivity contribution in [1.29, 1.82) is 0 Å². The highest BCUT2D eigenvalue weighted by molar-refractivity contribution is 7.99. The second kappa shape index (κ2) is 4.48. The number of aromatic nitrogens is 1. The maximum absolute atomic E-state index is 10.2. The van der Waals surface area contributed by atoms with Gasteiger partial charge in [-0.3, -0.25) is 0 Å². The Hall–Kier alpha value is -1.54. The van der Waals surface area contributed by atoms with Crippen LogP contribution in [-0.2, 0) is 0 Å². The van der Waals surface area contributed by atoms with Crippen molar-refractivity contribution < 1.29 is 4.92 Å². The van der Waals surface area contributed by atoms with E-state index in [1.165, 1.54) is 24.0 Å². The van der Waals surface area contributed by atoms with E-state index in [0.29, 0.717) is 5.75 Å². The van der Waals surface area contributed by atoms with Gasteiger partial charge in [-0.15, -0.1) is 18.2 Å². The van der Waals surface area contributed by atoms with Crippen molar-refractivity contribution in [3.63, 3.8) is 0 Å². The smallest absolute Gasteiger partial charge is 0.358 e. The Morgan fingerprint density at radius 1 is 1.69 bits per heavy atom. The second-order valence-corrected chi connectivity index (χ2v) is 3.15. The average Bonchev–Trinajstić information content (AvgIpc) is 2.15. The number of hydrogen-bond acceptors (Lipinski definition) is 4. The Balaban J connectivity index is 2.71. The van der Waals surface area contributed by atoms with E-state index in [0.717, 1.165) is 4.90 Å². The number of hydrogen-bond donors (Lipinski definition) is 0. The number of thioether (sulfide) groups is 1. The molecule has 0 aliphatic heterocycles. The zero-order chi connectivity index (χ0) is 9.68. The van der Waals surface area contributed by atoms with Gasteiger partial charge >= 0.3 is 5.82 Å². The van der Waals surface area contributed by atoms with Crippen LogP contribution in [0.5, 0.6) is 0 Å². The molecule has 0 unspecified atom stereocenters. The maximum Gasteiger partial charge on any atom is 0.363 e. The van der Waals surface area contributed by atoms with Crippen LogP contribution in [0.25, 0.3) is 0 Å². The predicted octanol–water partition coefficient (Wildman–Crippen LogP) is 1.72. The molecule has 0 aliphatic carbocycles. The fourth-order valence-electron chi connectivity index (χ4n) is 0.691. The van der Waals surface area contributed by atoms with E-state index in [2.05, 4.69) is 10.9 Å². The molecule has 0 saturated heterocycles. The Morgan fingerprint density at radius 2 is 2.46 bits per heavy atom. The molecule has 0 saturated carbocycles. The van der Waals surface area contributed by atoms with Crippen molar-refractivity contribution in [3.8, 4) is 12.3 Å². The minimum atomic E-state index is -0.532. The summed E-state index contributed by atoms with van der Waals surface area (Å²) in [6.45, 7) is 0.